The molecule has 0 aliphatic rings. The monoisotopic (exact) mass is 222 g/mol. The molecule has 0 aromatic heterocycles. The molecular formula is C14H22O2. The van der Waals surface area contributed by atoms with Crippen molar-refractivity contribution in [3.05, 3.63) is 23.3 Å². The Morgan fingerprint density at radius 3 is 2.12 bits per heavy atom. The fraction of sp³-hybridized carbons (Fsp3) is 0.571. The van der Waals surface area contributed by atoms with Gasteiger partial charge < -0.3 is 9.47 Å². The number of rotatable bonds is 5. The molecule has 0 N–H and O–H groups in total. The van der Waals surface area contributed by atoms with Gasteiger partial charge in [-0.25, -0.2) is 0 Å². The smallest absolute Gasteiger partial charge is 0.122 e. The summed E-state index contributed by atoms with van der Waals surface area (Å²) >= 11 is 0. The minimum atomic E-state index is 0.444. The van der Waals surface area contributed by atoms with Gasteiger partial charge in [-0.2, -0.15) is 0 Å². The number of methoxy groups -OCH3 is 2. The molecule has 0 amide bonds. The maximum atomic E-state index is 5.44. The lowest BCUT2D eigenvalue weighted by atomic mass is 9.98. The molecule has 0 bridgehead atoms. The van der Waals surface area contributed by atoms with E-state index >= 15 is 0 Å². The third kappa shape index (κ3) is 2.69. The van der Waals surface area contributed by atoms with Crippen LogP contribution >= 0.6 is 0 Å². The van der Waals surface area contributed by atoms with Gasteiger partial charge in [-0.05, 0) is 30.0 Å². The second kappa shape index (κ2) is 5.78. The summed E-state index contributed by atoms with van der Waals surface area (Å²) < 4.78 is 10.9. The molecule has 2 nitrogen and oxygen atoms in total. The Labute approximate surface area is 98.6 Å². The summed E-state index contributed by atoms with van der Waals surface area (Å²) in [5.74, 6) is 2.39. The van der Waals surface area contributed by atoms with Crippen molar-refractivity contribution in [2.24, 2.45) is 0 Å². The molecule has 1 aromatic rings. The van der Waals surface area contributed by atoms with Crippen LogP contribution in [-0.4, -0.2) is 14.2 Å². The minimum absolute atomic E-state index is 0.444. The first-order valence-electron chi connectivity index (χ1n) is 5.88. The third-order valence-corrected chi connectivity index (χ3v) is 2.77. The van der Waals surface area contributed by atoms with Gasteiger partial charge in [-0.1, -0.05) is 27.2 Å². The van der Waals surface area contributed by atoms with Gasteiger partial charge in [0.1, 0.15) is 11.5 Å². The Morgan fingerprint density at radius 1 is 1.06 bits per heavy atom. The van der Waals surface area contributed by atoms with E-state index in [1.165, 1.54) is 11.1 Å². The maximum absolute atomic E-state index is 5.44. The Hall–Kier alpha value is -1.18. The fourth-order valence-electron chi connectivity index (χ4n) is 1.90. The first kappa shape index (κ1) is 12.9. The highest BCUT2D eigenvalue weighted by Crippen LogP contribution is 2.33. The van der Waals surface area contributed by atoms with E-state index in [1.54, 1.807) is 14.2 Å². The van der Waals surface area contributed by atoms with Gasteiger partial charge in [0.2, 0.25) is 0 Å². The van der Waals surface area contributed by atoms with E-state index in [4.69, 9.17) is 9.47 Å². The van der Waals surface area contributed by atoms with Crippen LogP contribution in [0.2, 0.25) is 0 Å². The number of hydrogen-bond acceptors (Lipinski definition) is 2. The molecule has 2 heteroatoms. The molecule has 0 fully saturated rings. The van der Waals surface area contributed by atoms with E-state index in [-0.39, 0.29) is 0 Å². The standard InChI is InChI=1S/C14H22O2/c1-6-7-11-8-14(16-5)12(10(2)3)9-13(11)15-4/h8-10H,6-7H2,1-5H3. The summed E-state index contributed by atoms with van der Waals surface area (Å²) in [4.78, 5) is 0. The van der Waals surface area contributed by atoms with E-state index in [0.29, 0.717) is 5.92 Å². The van der Waals surface area contributed by atoms with E-state index in [2.05, 4.69) is 32.9 Å². The zero-order valence-corrected chi connectivity index (χ0v) is 11.0. The van der Waals surface area contributed by atoms with Crippen molar-refractivity contribution in [2.75, 3.05) is 14.2 Å². The van der Waals surface area contributed by atoms with E-state index in [1.807, 2.05) is 0 Å². The first-order chi connectivity index (χ1) is 7.63. The Bertz CT molecular complexity index is 343. The molecule has 0 atom stereocenters. The van der Waals surface area contributed by atoms with Crippen molar-refractivity contribution in [1.29, 1.82) is 0 Å². The van der Waals surface area contributed by atoms with Gasteiger partial charge in [0.15, 0.2) is 0 Å². The average molecular weight is 222 g/mol. The van der Waals surface area contributed by atoms with Crippen LogP contribution < -0.4 is 9.47 Å². The van der Waals surface area contributed by atoms with Crippen LogP contribution in [0.3, 0.4) is 0 Å². The highest BCUT2D eigenvalue weighted by atomic mass is 16.5. The predicted molar refractivity (Wildman–Crippen MR) is 67.6 cm³/mol. The number of ether oxygens (including phenoxy) is 2. The van der Waals surface area contributed by atoms with Crippen molar-refractivity contribution >= 4 is 0 Å². The lowest BCUT2D eigenvalue weighted by Crippen LogP contribution is -1.99. The van der Waals surface area contributed by atoms with Gasteiger partial charge in [0.05, 0.1) is 14.2 Å². The van der Waals surface area contributed by atoms with Crippen molar-refractivity contribution in [3.8, 4) is 11.5 Å². The summed E-state index contributed by atoms with van der Waals surface area (Å²) in [5.41, 5.74) is 2.44. The summed E-state index contributed by atoms with van der Waals surface area (Å²) in [6.07, 6.45) is 2.14. The summed E-state index contributed by atoms with van der Waals surface area (Å²) in [7, 11) is 3.45. The largest absolute Gasteiger partial charge is 0.496 e. The lowest BCUT2D eigenvalue weighted by Gasteiger charge is -2.16. The number of aryl methyl sites for hydroxylation is 1. The molecule has 0 saturated heterocycles. The predicted octanol–water partition coefficient (Wildman–Crippen LogP) is 3.78. The van der Waals surface area contributed by atoms with E-state index < -0.39 is 0 Å². The second-order valence-electron chi connectivity index (χ2n) is 4.31. The first-order valence-corrected chi connectivity index (χ1v) is 5.88. The molecule has 1 aromatic carbocycles. The van der Waals surface area contributed by atoms with Crippen LogP contribution in [0.5, 0.6) is 11.5 Å². The molecule has 0 aliphatic heterocycles. The minimum Gasteiger partial charge on any atom is -0.496 e. The molecule has 0 unspecified atom stereocenters. The topological polar surface area (TPSA) is 18.5 Å². The number of hydrogen-bond donors (Lipinski definition) is 0. The van der Waals surface area contributed by atoms with Crippen LogP contribution in [0.4, 0.5) is 0 Å². The summed E-state index contributed by atoms with van der Waals surface area (Å²) in [5, 5.41) is 0. The molecule has 0 spiro atoms. The molecular weight excluding hydrogens is 200 g/mol. The van der Waals surface area contributed by atoms with Gasteiger partial charge in [-0.3, -0.25) is 0 Å². The molecule has 0 saturated carbocycles. The molecule has 90 valence electrons. The molecule has 0 radical (unpaired) electrons. The van der Waals surface area contributed by atoms with Crippen LogP contribution in [0, 0.1) is 0 Å². The van der Waals surface area contributed by atoms with Gasteiger partial charge >= 0.3 is 0 Å². The lowest BCUT2D eigenvalue weighted by molar-refractivity contribution is 0.393. The quantitative estimate of drug-likeness (QED) is 0.754. The summed E-state index contributed by atoms with van der Waals surface area (Å²) in [6, 6.07) is 4.21. The molecule has 0 aliphatic carbocycles. The van der Waals surface area contributed by atoms with Crippen molar-refractivity contribution in [2.45, 2.75) is 39.5 Å². The Kier molecular flexibility index (Phi) is 4.66. The Balaban J connectivity index is 3.22. The second-order valence-corrected chi connectivity index (χ2v) is 4.31. The third-order valence-electron chi connectivity index (χ3n) is 2.77. The van der Waals surface area contributed by atoms with Gasteiger partial charge in [0.25, 0.3) is 0 Å². The maximum Gasteiger partial charge on any atom is 0.122 e. The van der Waals surface area contributed by atoms with Crippen LogP contribution in [-0.2, 0) is 6.42 Å². The number of benzene rings is 1. The van der Waals surface area contributed by atoms with Crippen molar-refractivity contribution < 1.29 is 9.47 Å². The van der Waals surface area contributed by atoms with Crippen molar-refractivity contribution in [3.63, 3.8) is 0 Å². The normalized spacial score (nSPS) is 10.6. The zero-order chi connectivity index (χ0) is 12.1. The van der Waals surface area contributed by atoms with Crippen LogP contribution in [0.25, 0.3) is 0 Å². The van der Waals surface area contributed by atoms with Crippen molar-refractivity contribution in [1.82, 2.24) is 0 Å². The van der Waals surface area contributed by atoms with Gasteiger partial charge in [0, 0.05) is 5.56 Å². The highest BCUT2D eigenvalue weighted by Gasteiger charge is 2.12. The SMILES string of the molecule is CCCc1cc(OC)c(C(C)C)cc1OC. The molecule has 1 rings (SSSR count). The van der Waals surface area contributed by atoms with Crippen LogP contribution in [0.1, 0.15) is 44.2 Å². The van der Waals surface area contributed by atoms with Crippen LogP contribution in [0.15, 0.2) is 12.1 Å². The zero-order valence-electron chi connectivity index (χ0n) is 11.0. The molecule has 16 heavy (non-hydrogen) atoms. The molecule has 0 heterocycles. The summed E-state index contributed by atoms with van der Waals surface area (Å²) in [6.45, 7) is 6.50. The fourth-order valence-corrected chi connectivity index (χ4v) is 1.90. The van der Waals surface area contributed by atoms with E-state index in [0.717, 1.165) is 24.3 Å². The Morgan fingerprint density at radius 2 is 1.69 bits per heavy atom. The average Bonchev–Trinajstić information content (AvgIpc) is 2.28. The highest BCUT2D eigenvalue weighted by molar-refractivity contribution is 5.47. The van der Waals surface area contributed by atoms with E-state index in [9.17, 15) is 0 Å². The van der Waals surface area contributed by atoms with Gasteiger partial charge in [-0.15, -0.1) is 0 Å².